The van der Waals surface area contributed by atoms with Crippen molar-refractivity contribution in [2.75, 3.05) is 7.11 Å². The molecule has 0 atom stereocenters. The van der Waals surface area contributed by atoms with Crippen LogP contribution < -0.4 is 4.74 Å². The summed E-state index contributed by atoms with van der Waals surface area (Å²) in [5.41, 5.74) is 5.97. The lowest BCUT2D eigenvalue weighted by atomic mass is 10.0. The molecule has 0 radical (unpaired) electrons. The second-order valence-electron chi connectivity index (χ2n) is 5.51. The van der Waals surface area contributed by atoms with Gasteiger partial charge in [0.15, 0.2) is 0 Å². The van der Waals surface area contributed by atoms with E-state index in [9.17, 15) is 0 Å². The van der Waals surface area contributed by atoms with Gasteiger partial charge < -0.3 is 9.72 Å². The molecular weight excluding hydrogens is 262 g/mol. The van der Waals surface area contributed by atoms with Crippen molar-refractivity contribution >= 4 is 11.0 Å². The Kier molecular flexibility index (Phi) is 3.37. The van der Waals surface area contributed by atoms with Crippen molar-refractivity contribution in [2.45, 2.75) is 26.7 Å². The van der Waals surface area contributed by atoms with E-state index in [0.717, 1.165) is 33.5 Å². The zero-order chi connectivity index (χ0) is 15.0. The number of aromatic amines is 1. The number of rotatable bonds is 3. The number of hydrogen-bond acceptors (Lipinski definition) is 3. The van der Waals surface area contributed by atoms with Crippen LogP contribution in [0.15, 0.2) is 30.5 Å². The summed E-state index contributed by atoms with van der Waals surface area (Å²) in [4.78, 5) is 12.5. The van der Waals surface area contributed by atoms with Gasteiger partial charge in [0.1, 0.15) is 0 Å². The van der Waals surface area contributed by atoms with Crippen molar-refractivity contribution in [3.05, 3.63) is 41.7 Å². The topological polar surface area (TPSA) is 50.8 Å². The van der Waals surface area contributed by atoms with Gasteiger partial charge in [-0.25, -0.2) is 9.97 Å². The maximum atomic E-state index is 5.48. The van der Waals surface area contributed by atoms with Crippen LogP contribution in [0.1, 0.15) is 31.0 Å². The lowest BCUT2D eigenvalue weighted by molar-refractivity contribution is 0.397. The van der Waals surface area contributed by atoms with E-state index in [-0.39, 0.29) is 0 Å². The molecule has 21 heavy (non-hydrogen) atoms. The fourth-order valence-corrected chi connectivity index (χ4v) is 2.47. The summed E-state index contributed by atoms with van der Waals surface area (Å²) in [7, 11) is 1.65. The summed E-state index contributed by atoms with van der Waals surface area (Å²) in [5, 5.41) is 0. The van der Waals surface area contributed by atoms with Gasteiger partial charge in [0.05, 0.1) is 29.4 Å². The van der Waals surface area contributed by atoms with E-state index >= 15 is 0 Å². The standard InChI is InChI=1S/C17H19N3O/c1-10(2)13-6-5-12(17(20-13)21-4)16-11(3)9-15-14(19-16)7-8-18-15/h5-10,18H,1-4H3. The molecule has 3 aromatic rings. The van der Waals surface area contributed by atoms with E-state index < -0.39 is 0 Å². The molecule has 108 valence electrons. The monoisotopic (exact) mass is 281 g/mol. The molecule has 4 nitrogen and oxygen atoms in total. The van der Waals surface area contributed by atoms with Crippen molar-refractivity contribution < 1.29 is 4.74 Å². The fourth-order valence-electron chi connectivity index (χ4n) is 2.47. The highest BCUT2D eigenvalue weighted by Crippen LogP contribution is 2.32. The van der Waals surface area contributed by atoms with Gasteiger partial charge in [0.2, 0.25) is 5.88 Å². The number of H-pyrrole nitrogens is 1. The van der Waals surface area contributed by atoms with Crippen LogP contribution in [0, 0.1) is 6.92 Å². The Morgan fingerprint density at radius 1 is 1.14 bits per heavy atom. The number of ether oxygens (including phenoxy) is 1. The van der Waals surface area contributed by atoms with E-state index in [4.69, 9.17) is 9.72 Å². The van der Waals surface area contributed by atoms with Gasteiger partial charge in [0, 0.05) is 11.9 Å². The van der Waals surface area contributed by atoms with E-state index in [0.29, 0.717) is 11.8 Å². The number of hydrogen-bond donors (Lipinski definition) is 1. The Balaban J connectivity index is 2.19. The van der Waals surface area contributed by atoms with Crippen LogP contribution in [0.3, 0.4) is 0 Å². The van der Waals surface area contributed by atoms with Gasteiger partial charge in [-0.2, -0.15) is 0 Å². The highest BCUT2D eigenvalue weighted by molar-refractivity contribution is 5.81. The van der Waals surface area contributed by atoms with E-state index in [1.165, 1.54) is 0 Å². The molecule has 0 bridgehead atoms. The second-order valence-corrected chi connectivity index (χ2v) is 5.51. The molecule has 0 spiro atoms. The predicted octanol–water partition coefficient (Wildman–Crippen LogP) is 4.07. The highest BCUT2D eigenvalue weighted by atomic mass is 16.5. The molecule has 0 saturated heterocycles. The summed E-state index contributed by atoms with van der Waals surface area (Å²) in [6.07, 6.45) is 1.90. The molecular formula is C17H19N3O. The Morgan fingerprint density at radius 2 is 1.95 bits per heavy atom. The molecule has 0 aromatic carbocycles. The maximum Gasteiger partial charge on any atom is 0.222 e. The van der Waals surface area contributed by atoms with Crippen LogP contribution in [0.2, 0.25) is 0 Å². The smallest absolute Gasteiger partial charge is 0.222 e. The van der Waals surface area contributed by atoms with Gasteiger partial charge in [-0.15, -0.1) is 0 Å². The van der Waals surface area contributed by atoms with Crippen molar-refractivity contribution in [1.82, 2.24) is 15.0 Å². The van der Waals surface area contributed by atoms with Crippen molar-refractivity contribution in [1.29, 1.82) is 0 Å². The Labute approximate surface area is 124 Å². The Hall–Kier alpha value is -2.36. The fraction of sp³-hybridized carbons (Fsp3) is 0.294. The van der Waals surface area contributed by atoms with Crippen molar-refractivity contribution in [3.63, 3.8) is 0 Å². The molecule has 0 aliphatic heterocycles. The minimum absolute atomic E-state index is 0.370. The maximum absolute atomic E-state index is 5.48. The van der Waals surface area contributed by atoms with E-state index in [1.54, 1.807) is 7.11 Å². The van der Waals surface area contributed by atoms with Gasteiger partial charge >= 0.3 is 0 Å². The minimum atomic E-state index is 0.370. The Morgan fingerprint density at radius 3 is 2.67 bits per heavy atom. The number of pyridine rings is 2. The molecule has 3 aromatic heterocycles. The average Bonchev–Trinajstić information content (AvgIpc) is 2.92. The largest absolute Gasteiger partial charge is 0.480 e. The highest BCUT2D eigenvalue weighted by Gasteiger charge is 2.14. The van der Waals surface area contributed by atoms with Crippen molar-refractivity contribution in [3.8, 4) is 17.1 Å². The summed E-state index contributed by atoms with van der Waals surface area (Å²) < 4.78 is 5.48. The van der Waals surface area contributed by atoms with Gasteiger partial charge in [0.25, 0.3) is 0 Å². The second kappa shape index (κ2) is 5.20. The molecule has 0 saturated carbocycles. The third-order valence-electron chi connectivity index (χ3n) is 3.64. The van der Waals surface area contributed by atoms with Crippen LogP contribution in [0.5, 0.6) is 5.88 Å². The number of nitrogens with one attached hydrogen (secondary N) is 1. The first kappa shape index (κ1) is 13.6. The zero-order valence-electron chi connectivity index (χ0n) is 12.8. The third-order valence-corrected chi connectivity index (χ3v) is 3.64. The number of nitrogens with zero attached hydrogens (tertiary/aromatic N) is 2. The van der Waals surface area contributed by atoms with E-state index in [1.807, 2.05) is 18.3 Å². The normalized spacial score (nSPS) is 11.3. The van der Waals surface area contributed by atoms with Gasteiger partial charge in [-0.1, -0.05) is 13.8 Å². The molecule has 0 aliphatic rings. The first-order chi connectivity index (χ1) is 10.1. The van der Waals surface area contributed by atoms with Gasteiger partial charge in [-0.3, -0.25) is 0 Å². The minimum Gasteiger partial charge on any atom is -0.480 e. The molecule has 0 amide bonds. The molecule has 0 fully saturated rings. The lowest BCUT2D eigenvalue weighted by Crippen LogP contribution is -2.00. The van der Waals surface area contributed by atoms with Gasteiger partial charge in [-0.05, 0) is 42.7 Å². The molecule has 0 unspecified atom stereocenters. The average molecular weight is 281 g/mol. The first-order valence-corrected chi connectivity index (χ1v) is 7.10. The predicted molar refractivity (Wildman–Crippen MR) is 84.7 cm³/mol. The number of methoxy groups -OCH3 is 1. The molecule has 0 aliphatic carbocycles. The summed E-state index contributed by atoms with van der Waals surface area (Å²) in [5.74, 6) is 1.00. The number of aryl methyl sites for hydroxylation is 1. The first-order valence-electron chi connectivity index (χ1n) is 7.10. The van der Waals surface area contributed by atoms with E-state index in [2.05, 4.69) is 42.9 Å². The molecule has 1 N–H and O–H groups in total. The van der Waals surface area contributed by atoms with Crippen LogP contribution in [0.4, 0.5) is 0 Å². The number of aromatic nitrogens is 3. The van der Waals surface area contributed by atoms with Crippen LogP contribution in [0.25, 0.3) is 22.3 Å². The van der Waals surface area contributed by atoms with Crippen molar-refractivity contribution in [2.24, 2.45) is 0 Å². The molecule has 4 heteroatoms. The third kappa shape index (κ3) is 2.37. The van der Waals surface area contributed by atoms with Crippen LogP contribution in [-0.4, -0.2) is 22.1 Å². The van der Waals surface area contributed by atoms with Crippen LogP contribution >= 0.6 is 0 Å². The van der Waals surface area contributed by atoms with Crippen LogP contribution in [-0.2, 0) is 0 Å². The summed E-state index contributed by atoms with van der Waals surface area (Å²) in [6.45, 7) is 6.30. The lowest BCUT2D eigenvalue weighted by Gasteiger charge is -2.12. The quantitative estimate of drug-likeness (QED) is 0.787. The Bertz CT molecular complexity index is 790. The molecule has 3 rings (SSSR count). The SMILES string of the molecule is COc1nc(C(C)C)ccc1-c1nc2cc[nH]c2cc1C. The summed E-state index contributed by atoms with van der Waals surface area (Å²) >= 11 is 0. The summed E-state index contributed by atoms with van der Waals surface area (Å²) in [6, 6.07) is 8.17. The number of fused-ring (bicyclic) bond motifs is 1. The molecule has 3 heterocycles. The zero-order valence-corrected chi connectivity index (χ0v) is 12.8.